The fourth-order valence-corrected chi connectivity index (χ4v) is 3.45. The van der Waals surface area contributed by atoms with Gasteiger partial charge in [-0.3, -0.25) is 0 Å². The second-order valence-corrected chi connectivity index (χ2v) is 7.81. The molecular weight excluding hydrogens is 335 g/mol. The van der Waals surface area contributed by atoms with Crippen molar-refractivity contribution in [2.75, 3.05) is 0 Å². The number of nitrogens with zero attached hydrogens (tertiary/aromatic N) is 3. The van der Waals surface area contributed by atoms with Gasteiger partial charge in [0.15, 0.2) is 10.8 Å². The minimum atomic E-state index is -0.219. The molecule has 0 aliphatic rings. The number of hydrogen-bond acceptors (Lipinski definition) is 5. The van der Waals surface area contributed by atoms with Crippen LogP contribution in [-0.2, 0) is 6.54 Å². The normalized spacial score (nSPS) is 13.0. The molecule has 130 valence electrons. The SMILES string of the molecule is CC(C)(C)[C@H](NCc1csc(-c2ncccn2)n1)c1ccc(F)cc1. The molecule has 0 radical (unpaired) electrons. The lowest BCUT2D eigenvalue weighted by Crippen LogP contribution is -2.32. The highest BCUT2D eigenvalue weighted by Crippen LogP contribution is 2.33. The highest BCUT2D eigenvalue weighted by atomic mass is 32.1. The molecule has 0 amide bonds. The van der Waals surface area contributed by atoms with Crippen LogP contribution in [0.25, 0.3) is 10.8 Å². The summed E-state index contributed by atoms with van der Waals surface area (Å²) in [5, 5.41) is 6.39. The second-order valence-electron chi connectivity index (χ2n) is 6.95. The molecule has 0 bridgehead atoms. The van der Waals surface area contributed by atoms with Gasteiger partial charge in [-0.05, 0) is 29.2 Å². The van der Waals surface area contributed by atoms with E-state index in [9.17, 15) is 4.39 Å². The van der Waals surface area contributed by atoms with E-state index >= 15 is 0 Å². The Morgan fingerprint density at radius 2 is 1.80 bits per heavy atom. The zero-order valence-corrected chi connectivity index (χ0v) is 15.3. The van der Waals surface area contributed by atoms with Gasteiger partial charge in [-0.25, -0.2) is 19.3 Å². The fraction of sp³-hybridized carbons (Fsp3) is 0.316. The molecule has 0 saturated heterocycles. The molecule has 0 unspecified atom stereocenters. The summed E-state index contributed by atoms with van der Waals surface area (Å²) in [6.07, 6.45) is 3.43. The van der Waals surface area contributed by atoms with E-state index in [1.165, 1.54) is 23.5 Å². The average molecular weight is 356 g/mol. The van der Waals surface area contributed by atoms with Crippen LogP contribution in [0.1, 0.15) is 38.1 Å². The maximum Gasteiger partial charge on any atom is 0.188 e. The number of thiazole rings is 1. The lowest BCUT2D eigenvalue weighted by molar-refractivity contribution is 0.270. The number of benzene rings is 1. The lowest BCUT2D eigenvalue weighted by atomic mass is 9.82. The fourth-order valence-electron chi connectivity index (χ4n) is 2.69. The first-order valence-electron chi connectivity index (χ1n) is 8.14. The van der Waals surface area contributed by atoms with Crippen molar-refractivity contribution < 1.29 is 4.39 Å². The highest BCUT2D eigenvalue weighted by molar-refractivity contribution is 7.13. The van der Waals surface area contributed by atoms with Gasteiger partial charge in [-0.2, -0.15) is 0 Å². The van der Waals surface area contributed by atoms with Gasteiger partial charge in [0, 0.05) is 30.4 Å². The van der Waals surface area contributed by atoms with Crippen molar-refractivity contribution in [3.8, 4) is 10.8 Å². The summed E-state index contributed by atoms with van der Waals surface area (Å²) in [7, 11) is 0. The zero-order chi connectivity index (χ0) is 17.9. The summed E-state index contributed by atoms with van der Waals surface area (Å²) in [6, 6.07) is 8.56. The van der Waals surface area contributed by atoms with Crippen LogP contribution < -0.4 is 5.32 Å². The van der Waals surface area contributed by atoms with Crippen molar-refractivity contribution >= 4 is 11.3 Å². The molecule has 0 aliphatic heterocycles. The molecule has 6 heteroatoms. The van der Waals surface area contributed by atoms with Crippen LogP contribution in [0.2, 0.25) is 0 Å². The first-order valence-corrected chi connectivity index (χ1v) is 9.02. The molecule has 1 aromatic carbocycles. The van der Waals surface area contributed by atoms with Crippen molar-refractivity contribution in [1.29, 1.82) is 0 Å². The van der Waals surface area contributed by atoms with Crippen LogP contribution in [0.15, 0.2) is 48.1 Å². The Morgan fingerprint density at radius 3 is 2.44 bits per heavy atom. The van der Waals surface area contributed by atoms with Crippen molar-refractivity contribution in [1.82, 2.24) is 20.3 Å². The van der Waals surface area contributed by atoms with Gasteiger partial charge >= 0.3 is 0 Å². The van der Waals surface area contributed by atoms with Crippen molar-refractivity contribution in [2.24, 2.45) is 5.41 Å². The van der Waals surface area contributed by atoms with E-state index in [1.807, 2.05) is 17.5 Å². The molecule has 0 aliphatic carbocycles. The molecule has 1 atom stereocenters. The summed E-state index contributed by atoms with van der Waals surface area (Å²) in [4.78, 5) is 13.1. The van der Waals surface area contributed by atoms with E-state index in [1.54, 1.807) is 18.5 Å². The Morgan fingerprint density at radius 1 is 1.12 bits per heavy atom. The largest absolute Gasteiger partial charge is 0.304 e. The van der Waals surface area contributed by atoms with Crippen LogP contribution in [0.3, 0.4) is 0 Å². The van der Waals surface area contributed by atoms with E-state index in [-0.39, 0.29) is 17.3 Å². The topological polar surface area (TPSA) is 50.7 Å². The van der Waals surface area contributed by atoms with Crippen LogP contribution in [-0.4, -0.2) is 15.0 Å². The summed E-state index contributed by atoms with van der Waals surface area (Å²) >= 11 is 1.53. The summed E-state index contributed by atoms with van der Waals surface area (Å²) < 4.78 is 13.2. The number of aromatic nitrogens is 3. The molecular formula is C19H21FN4S. The van der Waals surface area contributed by atoms with Gasteiger partial charge < -0.3 is 5.32 Å². The molecule has 2 heterocycles. The van der Waals surface area contributed by atoms with Gasteiger partial charge in [0.25, 0.3) is 0 Å². The maximum atomic E-state index is 13.2. The number of nitrogens with one attached hydrogen (secondary N) is 1. The minimum Gasteiger partial charge on any atom is -0.304 e. The van der Waals surface area contributed by atoms with Crippen molar-refractivity contribution in [3.05, 3.63) is 65.2 Å². The van der Waals surface area contributed by atoms with E-state index < -0.39 is 0 Å². The van der Waals surface area contributed by atoms with Crippen LogP contribution in [0.5, 0.6) is 0 Å². The number of halogens is 1. The lowest BCUT2D eigenvalue weighted by Gasteiger charge is -2.32. The monoisotopic (exact) mass is 356 g/mol. The van der Waals surface area contributed by atoms with Crippen LogP contribution >= 0.6 is 11.3 Å². The van der Waals surface area contributed by atoms with Gasteiger partial charge in [0.2, 0.25) is 0 Å². The quantitative estimate of drug-likeness (QED) is 0.725. The first-order chi connectivity index (χ1) is 11.9. The standard InChI is InChI=1S/C19H21FN4S/c1-19(2,3)16(13-5-7-14(20)8-6-13)23-11-15-12-25-18(24-15)17-21-9-4-10-22-17/h4-10,12,16,23H,11H2,1-3H3/t16-/m1/s1. The van der Waals surface area contributed by atoms with E-state index in [4.69, 9.17) is 0 Å². The molecule has 0 saturated carbocycles. The van der Waals surface area contributed by atoms with E-state index in [0.29, 0.717) is 12.4 Å². The predicted octanol–water partition coefficient (Wildman–Crippen LogP) is 4.62. The van der Waals surface area contributed by atoms with Crippen molar-refractivity contribution in [2.45, 2.75) is 33.4 Å². The molecule has 25 heavy (non-hydrogen) atoms. The summed E-state index contributed by atoms with van der Waals surface area (Å²) in [6.45, 7) is 7.12. The smallest absolute Gasteiger partial charge is 0.188 e. The zero-order valence-electron chi connectivity index (χ0n) is 14.5. The average Bonchev–Trinajstić information content (AvgIpc) is 3.05. The Balaban J connectivity index is 1.74. The predicted molar refractivity (Wildman–Crippen MR) is 98.6 cm³/mol. The molecule has 1 N–H and O–H groups in total. The van der Waals surface area contributed by atoms with Gasteiger partial charge in [0.1, 0.15) is 5.82 Å². The maximum absolute atomic E-state index is 13.2. The summed E-state index contributed by atoms with van der Waals surface area (Å²) in [5.41, 5.74) is 2.00. The number of hydrogen-bond donors (Lipinski definition) is 1. The highest BCUT2D eigenvalue weighted by Gasteiger charge is 2.26. The third kappa shape index (κ3) is 4.46. The molecule has 0 fully saturated rings. The Hall–Kier alpha value is -2.18. The van der Waals surface area contributed by atoms with Gasteiger partial charge in [0.05, 0.1) is 5.69 Å². The Bertz CT molecular complexity index is 809. The summed E-state index contributed by atoms with van der Waals surface area (Å²) in [5.74, 6) is 0.424. The van der Waals surface area contributed by atoms with Gasteiger partial charge in [-0.15, -0.1) is 11.3 Å². The molecule has 4 nitrogen and oxygen atoms in total. The van der Waals surface area contributed by atoms with Crippen LogP contribution in [0, 0.1) is 11.2 Å². The number of rotatable bonds is 5. The second kappa shape index (κ2) is 7.37. The first kappa shape index (κ1) is 17.6. The van der Waals surface area contributed by atoms with Crippen LogP contribution in [0.4, 0.5) is 4.39 Å². The van der Waals surface area contributed by atoms with E-state index in [2.05, 4.69) is 41.0 Å². The van der Waals surface area contributed by atoms with Gasteiger partial charge in [-0.1, -0.05) is 32.9 Å². The minimum absolute atomic E-state index is 0.0147. The molecule has 3 aromatic rings. The van der Waals surface area contributed by atoms with Crippen molar-refractivity contribution in [3.63, 3.8) is 0 Å². The Kier molecular flexibility index (Phi) is 5.20. The third-order valence-corrected chi connectivity index (χ3v) is 4.75. The van der Waals surface area contributed by atoms with E-state index in [0.717, 1.165) is 16.3 Å². The molecule has 3 rings (SSSR count). The third-order valence-electron chi connectivity index (χ3n) is 3.87. The molecule has 2 aromatic heterocycles. The molecule has 0 spiro atoms. The Labute approximate surface area is 151 Å².